The molecule has 0 radical (unpaired) electrons. The van der Waals surface area contributed by atoms with Gasteiger partial charge in [0.15, 0.2) is 10.2 Å². The Labute approximate surface area is 445 Å². The summed E-state index contributed by atoms with van der Waals surface area (Å²) in [5.74, 6) is 2.18. The summed E-state index contributed by atoms with van der Waals surface area (Å²) in [6, 6.07) is -0.167. The summed E-state index contributed by atoms with van der Waals surface area (Å²) in [5, 5.41) is 11.7. The number of aromatic nitrogens is 4. The molecule has 6 saturated heterocycles. The Bertz CT molecular complexity index is 2050. The van der Waals surface area contributed by atoms with Gasteiger partial charge in [-0.2, -0.15) is 0 Å². The normalized spacial score (nSPS) is 21.5. The molecule has 8 aliphatic rings. The van der Waals surface area contributed by atoms with E-state index in [4.69, 9.17) is 61.1 Å². The van der Waals surface area contributed by atoms with Crippen LogP contribution in [0.15, 0.2) is 28.3 Å². The number of hydrogen-bond donors (Lipinski definition) is 0. The number of tetrazole rings is 1. The van der Waals surface area contributed by atoms with Gasteiger partial charge in [-0.1, -0.05) is 36.7 Å². The Morgan fingerprint density at radius 3 is 1.30 bits per heavy atom. The summed E-state index contributed by atoms with van der Waals surface area (Å²) >= 11 is 28.6. The molecule has 1 aromatic heterocycles. The molecule has 1 aromatic rings. The Morgan fingerprint density at radius 1 is 0.529 bits per heavy atom. The highest BCUT2D eigenvalue weighted by Crippen LogP contribution is 2.40. The number of nitrogens with zero attached hydrogens (tertiary/aromatic N) is 14. The first-order valence-electron chi connectivity index (χ1n) is 22.2. The Kier molecular flexibility index (Phi) is 23.7. The van der Waals surface area contributed by atoms with Crippen LogP contribution in [0.3, 0.4) is 0 Å². The fourth-order valence-corrected chi connectivity index (χ4v) is 10.7. The SMILES string of the molecule is CCN1CC(=O)N(C)C1=O.CCN1CC(=O)N(C)C1=S.CCN1CC(=S)N(C)C1=O.CCN1CC(=S)N(C)C1=S.CN1C(=O)C=C2SCCC2C1=O.CN1C(=O)C=C2SCCC2C1=S.Cn1cnnn1. The summed E-state index contributed by atoms with van der Waals surface area (Å²) in [6.45, 7) is 13.1. The molecule has 21 nitrogen and oxygen atoms in total. The van der Waals surface area contributed by atoms with Crippen molar-refractivity contribution >= 4 is 151 Å². The van der Waals surface area contributed by atoms with Gasteiger partial charge in [-0.15, -0.1) is 28.6 Å². The third-order valence-electron chi connectivity index (χ3n) is 11.5. The van der Waals surface area contributed by atoms with Crippen molar-refractivity contribution in [3.8, 4) is 0 Å². The third kappa shape index (κ3) is 15.4. The van der Waals surface area contributed by atoms with Crippen LogP contribution in [-0.4, -0.2) is 242 Å². The molecule has 28 heteroatoms. The standard InChI is InChI=1S/C8H9NO2S.C8H9NOS2.C6H10N2O2.2C6H10N2OS.C6H10N2S2.C2H4N4/c2*1-9-7(10)4-6-5(8(9)11)2-3-12-6;1-3-8-4-5(9)7(2)6(8)10;1-3-8-4-5(10)7(2)6(8)9;2*1-3-8-4-5(9)7(2)6(8)10;1-6-2-3-4-5-6/h2*4-5H,2-3H2,1H3;4*3-4H2,1-2H3;2H,1H3. The van der Waals surface area contributed by atoms with Crippen molar-refractivity contribution in [3.63, 3.8) is 0 Å². The molecule has 2 unspecified atom stereocenters. The van der Waals surface area contributed by atoms with E-state index in [1.807, 2.05) is 37.6 Å². The molecule has 9 heterocycles. The van der Waals surface area contributed by atoms with Crippen LogP contribution in [0.4, 0.5) is 9.59 Å². The second-order valence-corrected chi connectivity index (χ2v) is 20.4. The van der Waals surface area contributed by atoms with Gasteiger partial charge in [0.2, 0.25) is 17.7 Å². The Hall–Kier alpha value is -4.61. The molecule has 0 bridgehead atoms. The van der Waals surface area contributed by atoms with Crippen LogP contribution in [0.25, 0.3) is 0 Å². The zero-order valence-electron chi connectivity index (χ0n) is 41.3. The van der Waals surface area contributed by atoms with Gasteiger partial charge in [-0.3, -0.25) is 43.6 Å². The molecule has 384 valence electrons. The van der Waals surface area contributed by atoms with Crippen LogP contribution in [0, 0.1) is 11.8 Å². The van der Waals surface area contributed by atoms with Crippen LogP contribution in [-0.2, 0) is 31.0 Å². The Balaban J connectivity index is 0.000000218. The minimum atomic E-state index is -0.187. The fraction of sp³-hybridized carbons (Fsp3) is 0.595. The fourth-order valence-electron chi connectivity index (χ4n) is 6.79. The zero-order chi connectivity index (χ0) is 52.7. The lowest BCUT2D eigenvalue weighted by Gasteiger charge is -2.26. The average molecular weight is 1100 g/mol. The lowest BCUT2D eigenvalue weighted by Crippen LogP contribution is -2.39. The maximum atomic E-state index is 11.5. The first-order valence-corrected chi connectivity index (χ1v) is 26.2. The molecular weight excluding hydrogens is 1040 g/mol. The number of carbonyl (C=O) groups excluding carboxylic acids is 7. The van der Waals surface area contributed by atoms with Gasteiger partial charge < -0.3 is 29.4 Å². The van der Waals surface area contributed by atoms with Crippen LogP contribution >= 0.6 is 84.6 Å². The number of urea groups is 2. The highest BCUT2D eigenvalue weighted by Gasteiger charge is 2.37. The van der Waals surface area contributed by atoms with E-state index in [0.717, 1.165) is 75.4 Å². The van der Waals surface area contributed by atoms with Gasteiger partial charge >= 0.3 is 12.1 Å². The topological polar surface area (TPSA) is 195 Å². The van der Waals surface area contributed by atoms with Gasteiger partial charge in [-0.05, 0) is 86.9 Å². The molecular formula is C42H62N14O7S7. The number of hydrogen-bond acceptors (Lipinski definition) is 17. The first-order chi connectivity index (χ1) is 32.9. The molecule has 0 N–H and O–H groups in total. The number of aryl methyl sites for hydroxylation is 1. The second-order valence-electron chi connectivity index (χ2n) is 15.9. The smallest absolute Gasteiger partial charge is 0.326 e. The minimum Gasteiger partial charge on any atom is -0.342 e. The van der Waals surface area contributed by atoms with E-state index in [1.54, 1.807) is 80.7 Å². The molecule has 2 atom stereocenters. The molecule has 0 saturated carbocycles. The molecule has 0 aromatic carbocycles. The van der Waals surface area contributed by atoms with Crippen molar-refractivity contribution in [2.45, 2.75) is 40.5 Å². The first kappa shape index (κ1) is 59.7. The predicted molar refractivity (Wildman–Crippen MR) is 290 cm³/mol. The maximum Gasteiger partial charge on any atom is 0.326 e. The number of carbonyl (C=O) groups is 7. The van der Waals surface area contributed by atoms with Crippen molar-refractivity contribution in [3.05, 3.63) is 28.3 Å². The summed E-state index contributed by atoms with van der Waals surface area (Å²) in [7, 11) is 11.9. The summed E-state index contributed by atoms with van der Waals surface area (Å²) < 4.78 is 1.53. The number of likely N-dealkylation sites (N-methyl/N-ethyl adjacent to an activating group) is 10. The molecule has 8 aliphatic heterocycles. The zero-order valence-corrected chi connectivity index (χ0v) is 47.1. The van der Waals surface area contributed by atoms with E-state index < -0.39 is 0 Å². The van der Waals surface area contributed by atoms with Crippen LogP contribution < -0.4 is 0 Å². The van der Waals surface area contributed by atoms with Gasteiger partial charge in [0.25, 0.3) is 11.8 Å². The van der Waals surface area contributed by atoms with E-state index >= 15 is 0 Å². The number of rotatable bonds is 4. The lowest BCUT2D eigenvalue weighted by molar-refractivity contribution is -0.143. The average Bonchev–Trinajstić information content (AvgIpc) is 4.25. The quantitative estimate of drug-likeness (QED) is 0.242. The van der Waals surface area contributed by atoms with Crippen molar-refractivity contribution in [2.24, 2.45) is 18.9 Å². The summed E-state index contributed by atoms with van der Waals surface area (Å²) in [6.07, 6.45) is 6.81. The van der Waals surface area contributed by atoms with Crippen molar-refractivity contribution in [1.29, 1.82) is 0 Å². The number of imide groups is 2. The molecule has 6 fully saturated rings. The van der Waals surface area contributed by atoms with Gasteiger partial charge in [0.05, 0.1) is 30.5 Å². The third-order valence-corrected chi connectivity index (χ3v) is 16.3. The van der Waals surface area contributed by atoms with Gasteiger partial charge in [-0.25, -0.2) is 14.3 Å². The number of amides is 9. The van der Waals surface area contributed by atoms with E-state index in [2.05, 4.69) is 27.3 Å². The molecule has 0 spiro atoms. The highest BCUT2D eigenvalue weighted by molar-refractivity contribution is 8.03. The van der Waals surface area contributed by atoms with Gasteiger partial charge in [0.1, 0.15) is 22.8 Å². The maximum absolute atomic E-state index is 11.5. The van der Waals surface area contributed by atoms with E-state index in [9.17, 15) is 33.6 Å². The Morgan fingerprint density at radius 2 is 0.957 bits per heavy atom. The molecule has 9 amide bonds. The van der Waals surface area contributed by atoms with Crippen LogP contribution in [0.5, 0.6) is 0 Å². The summed E-state index contributed by atoms with van der Waals surface area (Å²) in [4.78, 5) is 98.4. The number of thioether (sulfide) groups is 2. The minimum absolute atomic E-state index is 0.0160. The number of thiocarbonyl (C=S) groups is 5. The second kappa shape index (κ2) is 27.8. The summed E-state index contributed by atoms with van der Waals surface area (Å²) in [5.41, 5.74) is 0. The molecule has 70 heavy (non-hydrogen) atoms. The van der Waals surface area contributed by atoms with Gasteiger partial charge in [0, 0.05) is 103 Å². The predicted octanol–water partition coefficient (Wildman–Crippen LogP) is 2.79. The van der Waals surface area contributed by atoms with Crippen molar-refractivity contribution in [2.75, 3.05) is 106 Å². The van der Waals surface area contributed by atoms with Crippen LogP contribution in [0.2, 0.25) is 0 Å². The highest BCUT2D eigenvalue weighted by atomic mass is 32.2. The monoisotopic (exact) mass is 1100 g/mol. The lowest BCUT2D eigenvalue weighted by atomic mass is 10.0. The van der Waals surface area contributed by atoms with Crippen molar-refractivity contribution in [1.82, 2.24) is 69.2 Å². The van der Waals surface area contributed by atoms with E-state index in [-0.39, 0.29) is 54.1 Å². The largest absolute Gasteiger partial charge is 0.342 e. The van der Waals surface area contributed by atoms with Crippen LogP contribution in [0.1, 0.15) is 40.5 Å². The van der Waals surface area contributed by atoms with E-state index in [0.29, 0.717) is 35.7 Å². The van der Waals surface area contributed by atoms with Crippen molar-refractivity contribution < 1.29 is 33.6 Å². The molecule has 9 rings (SSSR count). The number of fused-ring (bicyclic) bond motifs is 2. The molecule has 0 aliphatic carbocycles. The van der Waals surface area contributed by atoms with E-state index in [1.165, 1.54) is 42.6 Å².